The second-order valence-corrected chi connectivity index (χ2v) is 4.40. The molecule has 0 aliphatic heterocycles. The van der Waals surface area contributed by atoms with E-state index in [2.05, 4.69) is 15.9 Å². The Labute approximate surface area is 104 Å². The minimum Gasteiger partial charge on any atom is -0.466 e. The van der Waals surface area contributed by atoms with E-state index in [1.165, 1.54) is 0 Å². The lowest BCUT2D eigenvalue weighted by molar-refractivity contribution is -0.145. The molecule has 0 saturated heterocycles. The molecule has 0 fully saturated rings. The number of esters is 1. The molecule has 0 radical (unpaired) electrons. The fraction of sp³-hybridized carbons (Fsp3) is 0.417. The number of hydrogen-bond donors (Lipinski definition) is 1. The van der Waals surface area contributed by atoms with Crippen molar-refractivity contribution in [3.05, 3.63) is 33.8 Å². The number of aliphatic hydroxyl groups excluding tert-OH is 1. The Bertz CT molecular complexity index is 377. The average molecular weight is 287 g/mol. The molecule has 0 amide bonds. The van der Waals surface area contributed by atoms with Gasteiger partial charge in [-0.2, -0.15) is 0 Å². The molecule has 1 atom stereocenters. The van der Waals surface area contributed by atoms with E-state index < -0.39 is 6.10 Å². The highest BCUT2D eigenvalue weighted by molar-refractivity contribution is 9.10. The van der Waals surface area contributed by atoms with Gasteiger partial charge in [0, 0.05) is 4.47 Å². The maximum absolute atomic E-state index is 11.2. The first-order chi connectivity index (χ1) is 7.54. The first kappa shape index (κ1) is 13.2. The second-order valence-electron chi connectivity index (χ2n) is 3.55. The Balaban J connectivity index is 2.76. The maximum atomic E-state index is 11.2. The molecule has 0 heterocycles. The standard InChI is InChI=1S/C12H15BrO3/c1-3-16-12(15)7-11(14)9-6-8(2)4-5-10(9)13/h4-6,11,14H,3,7H2,1-2H3. The molecule has 0 aliphatic carbocycles. The number of aliphatic hydroxyl groups is 1. The zero-order chi connectivity index (χ0) is 12.1. The van der Waals surface area contributed by atoms with E-state index in [4.69, 9.17) is 4.74 Å². The predicted octanol–water partition coefficient (Wildman–Crippen LogP) is 2.74. The quantitative estimate of drug-likeness (QED) is 0.866. The van der Waals surface area contributed by atoms with Crippen molar-refractivity contribution in [2.75, 3.05) is 6.61 Å². The minimum atomic E-state index is -0.826. The van der Waals surface area contributed by atoms with Gasteiger partial charge in [0.1, 0.15) is 0 Å². The number of ether oxygens (including phenoxy) is 1. The highest BCUT2D eigenvalue weighted by Gasteiger charge is 2.16. The lowest BCUT2D eigenvalue weighted by Crippen LogP contribution is -2.10. The van der Waals surface area contributed by atoms with E-state index in [0.717, 1.165) is 10.0 Å². The molecule has 1 rings (SSSR count). The highest BCUT2D eigenvalue weighted by atomic mass is 79.9. The van der Waals surface area contributed by atoms with Crippen LogP contribution < -0.4 is 0 Å². The Kier molecular flexibility index (Phi) is 4.96. The van der Waals surface area contributed by atoms with Crippen LogP contribution in [0.5, 0.6) is 0 Å². The summed E-state index contributed by atoms with van der Waals surface area (Å²) in [5.41, 5.74) is 1.76. The van der Waals surface area contributed by atoms with Crippen LogP contribution in [0.15, 0.2) is 22.7 Å². The first-order valence-corrected chi connectivity index (χ1v) is 5.93. The van der Waals surface area contributed by atoms with Gasteiger partial charge in [0.15, 0.2) is 0 Å². The molecule has 0 saturated carbocycles. The van der Waals surface area contributed by atoms with Crippen LogP contribution in [-0.4, -0.2) is 17.7 Å². The van der Waals surface area contributed by atoms with Crippen molar-refractivity contribution < 1.29 is 14.6 Å². The summed E-state index contributed by atoms with van der Waals surface area (Å²) in [6, 6.07) is 5.65. The van der Waals surface area contributed by atoms with Crippen molar-refractivity contribution in [2.45, 2.75) is 26.4 Å². The lowest BCUT2D eigenvalue weighted by Gasteiger charge is -2.12. The lowest BCUT2D eigenvalue weighted by atomic mass is 10.0. The molecule has 0 aromatic heterocycles. The van der Waals surface area contributed by atoms with E-state index >= 15 is 0 Å². The minimum absolute atomic E-state index is 0.0180. The molecule has 16 heavy (non-hydrogen) atoms. The molecule has 1 aromatic carbocycles. The molecule has 1 N–H and O–H groups in total. The number of halogens is 1. The summed E-state index contributed by atoms with van der Waals surface area (Å²) in [5.74, 6) is -0.386. The summed E-state index contributed by atoms with van der Waals surface area (Å²) >= 11 is 3.35. The van der Waals surface area contributed by atoms with Gasteiger partial charge in [-0.1, -0.05) is 33.6 Å². The molecule has 3 nitrogen and oxygen atoms in total. The molecule has 88 valence electrons. The van der Waals surface area contributed by atoms with Crippen LogP contribution in [0.4, 0.5) is 0 Å². The molecular weight excluding hydrogens is 272 g/mol. The number of rotatable bonds is 4. The Morgan fingerprint density at radius 1 is 1.56 bits per heavy atom. The summed E-state index contributed by atoms with van der Waals surface area (Å²) in [6.45, 7) is 4.01. The van der Waals surface area contributed by atoms with Crippen molar-refractivity contribution >= 4 is 21.9 Å². The number of aryl methyl sites for hydroxylation is 1. The van der Waals surface area contributed by atoms with E-state index in [1.807, 2.05) is 25.1 Å². The smallest absolute Gasteiger partial charge is 0.308 e. The van der Waals surface area contributed by atoms with E-state index in [9.17, 15) is 9.90 Å². The number of hydrogen-bond acceptors (Lipinski definition) is 3. The SMILES string of the molecule is CCOC(=O)CC(O)c1cc(C)ccc1Br. The van der Waals surface area contributed by atoms with Gasteiger partial charge in [-0.15, -0.1) is 0 Å². The van der Waals surface area contributed by atoms with Crippen molar-refractivity contribution in [1.82, 2.24) is 0 Å². The summed E-state index contributed by atoms with van der Waals surface area (Å²) in [4.78, 5) is 11.2. The monoisotopic (exact) mass is 286 g/mol. The molecule has 0 bridgehead atoms. The zero-order valence-corrected chi connectivity index (χ0v) is 11.0. The normalized spacial score (nSPS) is 12.2. The maximum Gasteiger partial charge on any atom is 0.308 e. The van der Waals surface area contributed by atoms with Gasteiger partial charge in [-0.3, -0.25) is 4.79 Å². The van der Waals surface area contributed by atoms with E-state index in [-0.39, 0.29) is 12.4 Å². The summed E-state index contributed by atoms with van der Waals surface area (Å²) in [5, 5.41) is 9.89. The molecule has 1 unspecified atom stereocenters. The molecular formula is C12H15BrO3. The van der Waals surface area contributed by atoms with Gasteiger partial charge in [0.05, 0.1) is 19.1 Å². The van der Waals surface area contributed by atoms with E-state index in [0.29, 0.717) is 12.2 Å². The third kappa shape index (κ3) is 3.61. The van der Waals surface area contributed by atoms with Gasteiger partial charge >= 0.3 is 5.97 Å². The van der Waals surface area contributed by atoms with Crippen molar-refractivity contribution in [2.24, 2.45) is 0 Å². The second kappa shape index (κ2) is 6.01. The summed E-state index contributed by atoms with van der Waals surface area (Å²) in [7, 11) is 0. The molecule has 0 spiro atoms. The zero-order valence-electron chi connectivity index (χ0n) is 9.37. The van der Waals surface area contributed by atoms with Gasteiger partial charge in [0.2, 0.25) is 0 Å². The topological polar surface area (TPSA) is 46.5 Å². The third-order valence-electron chi connectivity index (χ3n) is 2.18. The highest BCUT2D eigenvalue weighted by Crippen LogP contribution is 2.26. The van der Waals surface area contributed by atoms with Crippen LogP contribution >= 0.6 is 15.9 Å². The average Bonchev–Trinajstić information content (AvgIpc) is 2.21. The van der Waals surface area contributed by atoms with Gasteiger partial charge in [0.25, 0.3) is 0 Å². The van der Waals surface area contributed by atoms with Crippen LogP contribution in [0.2, 0.25) is 0 Å². The van der Waals surface area contributed by atoms with Crippen LogP contribution in [0, 0.1) is 6.92 Å². The third-order valence-corrected chi connectivity index (χ3v) is 2.90. The molecule has 1 aromatic rings. The summed E-state index contributed by atoms with van der Waals surface area (Å²) < 4.78 is 5.59. The van der Waals surface area contributed by atoms with Crippen molar-refractivity contribution in [3.8, 4) is 0 Å². The van der Waals surface area contributed by atoms with Gasteiger partial charge < -0.3 is 9.84 Å². The number of carbonyl (C=O) groups excluding carboxylic acids is 1. The Morgan fingerprint density at radius 3 is 2.88 bits per heavy atom. The fourth-order valence-corrected chi connectivity index (χ4v) is 1.92. The predicted molar refractivity (Wildman–Crippen MR) is 65.1 cm³/mol. The summed E-state index contributed by atoms with van der Waals surface area (Å²) in [6.07, 6.45) is -0.844. The molecule has 0 aliphatic rings. The first-order valence-electron chi connectivity index (χ1n) is 5.14. The van der Waals surface area contributed by atoms with Gasteiger partial charge in [-0.05, 0) is 25.5 Å². The van der Waals surface area contributed by atoms with Crippen molar-refractivity contribution in [3.63, 3.8) is 0 Å². The van der Waals surface area contributed by atoms with Crippen LogP contribution in [0.25, 0.3) is 0 Å². The van der Waals surface area contributed by atoms with Crippen LogP contribution in [0.3, 0.4) is 0 Å². The largest absolute Gasteiger partial charge is 0.466 e. The van der Waals surface area contributed by atoms with Crippen LogP contribution in [0.1, 0.15) is 30.6 Å². The fourth-order valence-electron chi connectivity index (χ4n) is 1.41. The van der Waals surface area contributed by atoms with Crippen molar-refractivity contribution in [1.29, 1.82) is 0 Å². The molecule has 4 heteroatoms. The Hall–Kier alpha value is -0.870. The number of benzene rings is 1. The van der Waals surface area contributed by atoms with Crippen LogP contribution in [-0.2, 0) is 9.53 Å². The Morgan fingerprint density at radius 2 is 2.25 bits per heavy atom. The van der Waals surface area contributed by atoms with Gasteiger partial charge in [-0.25, -0.2) is 0 Å². The number of carbonyl (C=O) groups is 1. The van der Waals surface area contributed by atoms with E-state index in [1.54, 1.807) is 6.92 Å².